The van der Waals surface area contributed by atoms with Crippen LogP contribution in [-0.4, -0.2) is 26.9 Å². The average Bonchev–Trinajstić information content (AvgIpc) is 2.48. The molecule has 26 heavy (non-hydrogen) atoms. The maximum absolute atomic E-state index is 12.2. The van der Waals surface area contributed by atoms with Crippen LogP contribution in [0.4, 0.5) is 19.0 Å². The average molecular weight is 413 g/mol. The number of rotatable bonds is 3. The Kier molecular flexibility index (Phi) is 6.74. The summed E-state index contributed by atoms with van der Waals surface area (Å²) in [7, 11) is -9.21. The van der Waals surface area contributed by atoms with Crippen molar-refractivity contribution >= 4 is 25.8 Å². The Labute approximate surface area is 148 Å². The van der Waals surface area contributed by atoms with Crippen LogP contribution in [0.25, 0.3) is 0 Å². The van der Waals surface area contributed by atoms with Crippen LogP contribution in [0.2, 0.25) is 0 Å². The molecule has 2 aromatic rings. The van der Waals surface area contributed by atoms with Crippen LogP contribution in [0, 0.1) is 6.92 Å². The number of nitrogen functional groups attached to an aromatic ring is 1. The van der Waals surface area contributed by atoms with E-state index in [-0.39, 0.29) is 5.88 Å². The monoisotopic (exact) mass is 413 g/mol. The van der Waals surface area contributed by atoms with Crippen molar-refractivity contribution in [3.05, 3.63) is 54.2 Å². The number of benzene rings is 1. The van der Waals surface area contributed by atoms with Crippen molar-refractivity contribution < 1.29 is 39.1 Å². The molecule has 0 radical (unpaired) electrons. The molecule has 0 atom stereocenters. The molecular formula is C14H16F3N2O5S2+. The van der Waals surface area contributed by atoms with Gasteiger partial charge in [-0.25, -0.2) is 13.0 Å². The predicted octanol–water partition coefficient (Wildman–Crippen LogP) is 1.69. The molecule has 1 heterocycles. The molecule has 0 spiro atoms. The molecule has 144 valence electrons. The zero-order valence-electron chi connectivity index (χ0n) is 13.4. The molecule has 0 unspecified atom stereocenters. The van der Waals surface area contributed by atoms with E-state index in [1.165, 1.54) is 4.57 Å². The van der Waals surface area contributed by atoms with Gasteiger partial charge in [0.25, 0.3) is 5.82 Å². The normalized spacial score (nSPS) is 12.2. The SMILES string of the molecule is Cc1ccc(S(=O)(=O)C[n+]2ccccc2N)cc1.O=S(=O)(O)C(F)(F)F. The topological polar surface area (TPSA) is 118 Å². The number of nitrogens with zero attached hydrogens (tertiary/aromatic N) is 1. The predicted molar refractivity (Wildman–Crippen MR) is 87.0 cm³/mol. The number of hydrogen-bond donors (Lipinski definition) is 2. The number of alkyl halides is 3. The van der Waals surface area contributed by atoms with Crippen LogP contribution >= 0.6 is 0 Å². The summed E-state index contributed by atoms with van der Waals surface area (Å²) in [6.45, 7) is 1.92. The molecule has 0 bridgehead atoms. The number of hydrogen-bond acceptors (Lipinski definition) is 5. The first-order chi connectivity index (χ1) is 11.7. The lowest BCUT2D eigenvalue weighted by atomic mass is 10.2. The molecule has 0 saturated heterocycles. The summed E-state index contributed by atoms with van der Waals surface area (Å²) in [5.41, 5.74) is 1.22. The van der Waals surface area contributed by atoms with Crippen molar-refractivity contribution in [3.63, 3.8) is 0 Å². The molecule has 3 N–H and O–H groups in total. The molecule has 7 nitrogen and oxygen atoms in total. The van der Waals surface area contributed by atoms with Crippen molar-refractivity contribution in [1.82, 2.24) is 0 Å². The summed E-state index contributed by atoms with van der Waals surface area (Å²) in [6.07, 6.45) is 1.65. The largest absolute Gasteiger partial charge is 0.522 e. The van der Waals surface area contributed by atoms with Crippen LogP contribution < -0.4 is 10.3 Å². The minimum atomic E-state index is -5.84. The van der Waals surface area contributed by atoms with Crippen LogP contribution in [-0.2, 0) is 25.8 Å². The Morgan fingerprint density at radius 3 is 1.96 bits per heavy atom. The minimum absolute atomic E-state index is 0.150. The third-order valence-corrected chi connectivity index (χ3v) is 5.15. The number of nitrogens with two attached hydrogens (primary N) is 1. The highest BCUT2D eigenvalue weighted by molar-refractivity contribution is 7.90. The first-order valence-corrected chi connectivity index (χ1v) is 9.90. The third-order valence-electron chi connectivity index (χ3n) is 2.96. The third kappa shape index (κ3) is 6.28. The molecule has 0 aliphatic carbocycles. The van der Waals surface area contributed by atoms with E-state index in [4.69, 9.17) is 18.7 Å². The van der Waals surface area contributed by atoms with Crippen LogP contribution in [0.15, 0.2) is 53.6 Å². The summed E-state index contributed by atoms with van der Waals surface area (Å²) in [6, 6.07) is 12.0. The second-order valence-corrected chi connectivity index (χ2v) is 8.45. The molecule has 12 heteroatoms. The van der Waals surface area contributed by atoms with E-state index in [1.54, 1.807) is 48.7 Å². The van der Waals surface area contributed by atoms with Gasteiger partial charge in [0.2, 0.25) is 9.84 Å². The van der Waals surface area contributed by atoms with Gasteiger partial charge in [-0.1, -0.05) is 23.8 Å². The lowest BCUT2D eigenvalue weighted by Gasteiger charge is -2.05. The van der Waals surface area contributed by atoms with Gasteiger partial charge in [-0.3, -0.25) is 10.3 Å². The van der Waals surface area contributed by atoms with Gasteiger partial charge < -0.3 is 0 Å². The molecule has 1 aromatic carbocycles. The van der Waals surface area contributed by atoms with E-state index in [9.17, 15) is 21.6 Å². The molecular weight excluding hydrogens is 397 g/mol. The van der Waals surface area contributed by atoms with E-state index in [0.29, 0.717) is 10.7 Å². The summed E-state index contributed by atoms with van der Waals surface area (Å²) in [5, 5.41) is 0. The number of anilines is 1. The van der Waals surface area contributed by atoms with Gasteiger partial charge in [0, 0.05) is 6.07 Å². The fraction of sp³-hybridized carbons (Fsp3) is 0.214. The highest BCUT2D eigenvalue weighted by atomic mass is 32.2. The molecule has 1 aromatic heterocycles. The molecule has 0 aliphatic heterocycles. The lowest BCUT2D eigenvalue weighted by Crippen LogP contribution is -2.40. The smallest absolute Gasteiger partial charge is 0.287 e. The number of halogens is 3. The van der Waals surface area contributed by atoms with Gasteiger partial charge in [0.1, 0.15) is 0 Å². The Morgan fingerprint density at radius 2 is 1.54 bits per heavy atom. The number of aryl methyl sites for hydroxylation is 1. The van der Waals surface area contributed by atoms with E-state index in [0.717, 1.165) is 5.56 Å². The Morgan fingerprint density at radius 1 is 1.04 bits per heavy atom. The Bertz CT molecular complexity index is 957. The Hall–Kier alpha value is -2.18. The second kappa shape index (κ2) is 8.01. The second-order valence-electron chi connectivity index (χ2n) is 5.07. The van der Waals surface area contributed by atoms with Crippen molar-refractivity contribution in [3.8, 4) is 0 Å². The summed E-state index contributed by atoms with van der Waals surface area (Å²) in [5.74, 6) is 0.274. The highest BCUT2D eigenvalue weighted by Crippen LogP contribution is 2.20. The van der Waals surface area contributed by atoms with E-state index >= 15 is 0 Å². The highest BCUT2D eigenvalue weighted by Gasteiger charge is 2.44. The number of pyridine rings is 1. The number of sulfone groups is 1. The first kappa shape index (κ1) is 21.9. The number of aromatic nitrogens is 1. The van der Waals surface area contributed by atoms with Gasteiger partial charge in [-0.05, 0) is 25.1 Å². The zero-order valence-corrected chi connectivity index (χ0v) is 15.0. The summed E-state index contributed by atoms with van der Waals surface area (Å²) < 4.78 is 83.4. The minimum Gasteiger partial charge on any atom is -0.287 e. The molecule has 0 saturated carbocycles. The maximum atomic E-state index is 12.2. The summed E-state index contributed by atoms with van der Waals surface area (Å²) >= 11 is 0. The van der Waals surface area contributed by atoms with E-state index in [1.807, 2.05) is 6.92 Å². The van der Waals surface area contributed by atoms with Crippen LogP contribution in [0.5, 0.6) is 0 Å². The van der Waals surface area contributed by atoms with Crippen molar-refractivity contribution in [2.24, 2.45) is 0 Å². The molecule has 2 rings (SSSR count). The van der Waals surface area contributed by atoms with E-state index < -0.39 is 25.5 Å². The fourth-order valence-electron chi connectivity index (χ4n) is 1.61. The molecule has 0 amide bonds. The summed E-state index contributed by atoms with van der Waals surface area (Å²) in [4.78, 5) is 0.309. The van der Waals surface area contributed by atoms with Crippen LogP contribution in [0.3, 0.4) is 0 Å². The van der Waals surface area contributed by atoms with E-state index in [2.05, 4.69) is 0 Å². The fourth-order valence-corrected chi connectivity index (χ4v) is 2.91. The van der Waals surface area contributed by atoms with Crippen molar-refractivity contribution in [2.75, 3.05) is 5.73 Å². The van der Waals surface area contributed by atoms with Crippen molar-refractivity contribution in [2.45, 2.75) is 23.2 Å². The Balaban J connectivity index is 0.000000359. The van der Waals surface area contributed by atoms with Gasteiger partial charge in [-0.15, -0.1) is 0 Å². The standard InChI is InChI=1S/C13H14N2O2S.CHF3O3S/c1-11-5-7-12(8-6-11)18(16,17)10-15-9-3-2-4-13(15)14;2-1(3,4)8(5,6)7/h2-9,14H,10H2,1H3;(H,5,6,7)/p+1. The quantitative estimate of drug-likeness (QED) is 0.449. The molecule has 0 fully saturated rings. The van der Waals surface area contributed by atoms with Gasteiger partial charge in [-0.2, -0.15) is 21.6 Å². The van der Waals surface area contributed by atoms with Crippen molar-refractivity contribution in [1.29, 1.82) is 0 Å². The van der Waals surface area contributed by atoms with Gasteiger partial charge >= 0.3 is 15.6 Å². The molecule has 0 aliphatic rings. The lowest BCUT2D eigenvalue weighted by molar-refractivity contribution is -0.662. The zero-order chi connectivity index (χ0) is 20.2. The first-order valence-electron chi connectivity index (χ1n) is 6.81. The van der Waals surface area contributed by atoms with Gasteiger partial charge in [0.15, 0.2) is 5.88 Å². The van der Waals surface area contributed by atoms with Gasteiger partial charge in [0.05, 0.1) is 11.1 Å². The maximum Gasteiger partial charge on any atom is 0.522 e. The van der Waals surface area contributed by atoms with Crippen LogP contribution in [0.1, 0.15) is 5.56 Å².